The van der Waals surface area contributed by atoms with Crippen molar-refractivity contribution < 1.29 is 30.0 Å². The van der Waals surface area contributed by atoms with E-state index < -0.39 is 43.4 Å². The highest BCUT2D eigenvalue weighted by molar-refractivity contribution is 5.93. The quantitative estimate of drug-likeness (QED) is 0.359. The Bertz CT molecular complexity index is 373. The number of carbonyl (C=O) groups excluding carboxylic acids is 1. The van der Waals surface area contributed by atoms with Crippen molar-refractivity contribution in [3.05, 3.63) is 11.8 Å². The maximum Gasteiger partial charge on any atom is 0.251 e. The van der Waals surface area contributed by atoms with E-state index in [-0.39, 0.29) is 0 Å². The number of aliphatic hydroxyl groups excluding tert-OH is 4. The molecule has 5 atom stereocenters. The summed E-state index contributed by atoms with van der Waals surface area (Å²) in [5.74, 6) is -0.425. The van der Waals surface area contributed by atoms with Crippen molar-refractivity contribution in [3.63, 3.8) is 0 Å². The Kier molecular flexibility index (Phi) is 3.55. The minimum atomic E-state index is -1.36. The molecule has 2 aliphatic heterocycles. The number of ether oxygens (including phenoxy) is 1. The molecule has 0 aromatic heterocycles. The molecule has 0 aromatic carbocycles. The Morgan fingerprint density at radius 3 is 2.61 bits per heavy atom. The molecule has 0 saturated carbocycles. The third-order valence-corrected chi connectivity index (χ3v) is 3.05. The zero-order chi connectivity index (χ0) is 13.4. The Labute approximate surface area is 103 Å². The highest BCUT2D eigenvalue weighted by atomic mass is 16.6. The lowest BCUT2D eigenvalue weighted by atomic mass is 10.1. The molecule has 0 bridgehead atoms. The number of nitrogens with zero attached hydrogens (tertiary/aromatic N) is 1. The summed E-state index contributed by atoms with van der Waals surface area (Å²) in [5, 5.41) is 40.3. The summed E-state index contributed by atoms with van der Waals surface area (Å²) in [7, 11) is 0. The molecule has 8 heteroatoms. The molecular weight excluding hydrogens is 244 g/mol. The molecule has 2 rings (SSSR count). The first-order chi connectivity index (χ1) is 8.45. The van der Waals surface area contributed by atoms with Gasteiger partial charge >= 0.3 is 0 Å². The first-order valence-electron chi connectivity index (χ1n) is 5.53. The Balaban J connectivity index is 2.19. The number of amides is 1. The van der Waals surface area contributed by atoms with Gasteiger partial charge in [0.1, 0.15) is 18.3 Å². The van der Waals surface area contributed by atoms with E-state index in [9.17, 15) is 20.1 Å². The van der Waals surface area contributed by atoms with Gasteiger partial charge in [-0.2, -0.15) is 0 Å². The van der Waals surface area contributed by atoms with E-state index in [2.05, 4.69) is 5.32 Å². The fourth-order valence-corrected chi connectivity index (χ4v) is 2.00. The van der Waals surface area contributed by atoms with Gasteiger partial charge in [-0.3, -0.25) is 4.79 Å². The average Bonchev–Trinajstić information content (AvgIpc) is 2.61. The largest absolute Gasteiger partial charge is 0.394 e. The van der Waals surface area contributed by atoms with Crippen LogP contribution in [0.2, 0.25) is 0 Å². The molecule has 1 fully saturated rings. The standard InChI is InChI=1S/C10H16N2O6/c1-4-2-12(10(17)11-8(4)16)9-7(15)6(14)5(3-13)18-9/h2,5-7,9-10,13-15,17H,3H2,1H3,(H,11,16)/t5-,6-,7+,9+,10?/m0/s1. The number of hydrogen-bond donors (Lipinski definition) is 5. The van der Waals surface area contributed by atoms with Gasteiger partial charge < -0.3 is 35.4 Å². The number of rotatable bonds is 2. The zero-order valence-corrected chi connectivity index (χ0v) is 9.72. The highest BCUT2D eigenvalue weighted by Crippen LogP contribution is 2.26. The lowest BCUT2D eigenvalue weighted by Gasteiger charge is -2.36. The molecule has 0 aliphatic carbocycles. The maximum absolute atomic E-state index is 11.3. The second-order valence-electron chi connectivity index (χ2n) is 4.34. The van der Waals surface area contributed by atoms with E-state index in [1.54, 1.807) is 0 Å². The van der Waals surface area contributed by atoms with Crippen molar-refractivity contribution in [2.24, 2.45) is 0 Å². The lowest BCUT2D eigenvalue weighted by molar-refractivity contribution is -0.154. The minimum Gasteiger partial charge on any atom is -0.394 e. The fraction of sp³-hybridized carbons (Fsp3) is 0.700. The van der Waals surface area contributed by atoms with Crippen LogP contribution in [0.5, 0.6) is 0 Å². The van der Waals surface area contributed by atoms with Gasteiger partial charge in [0.15, 0.2) is 6.23 Å². The molecule has 18 heavy (non-hydrogen) atoms. The van der Waals surface area contributed by atoms with Crippen LogP contribution < -0.4 is 5.32 Å². The molecule has 1 unspecified atom stereocenters. The predicted molar refractivity (Wildman–Crippen MR) is 57.5 cm³/mol. The monoisotopic (exact) mass is 260 g/mol. The zero-order valence-electron chi connectivity index (χ0n) is 9.72. The van der Waals surface area contributed by atoms with Crippen molar-refractivity contribution >= 4 is 5.91 Å². The third-order valence-electron chi connectivity index (χ3n) is 3.05. The van der Waals surface area contributed by atoms with Crippen LogP contribution in [0.15, 0.2) is 11.8 Å². The van der Waals surface area contributed by atoms with E-state index in [0.29, 0.717) is 5.57 Å². The summed E-state index contributed by atoms with van der Waals surface area (Å²) in [6.45, 7) is 1.09. The second kappa shape index (κ2) is 4.82. The number of aliphatic hydroxyl groups is 4. The van der Waals surface area contributed by atoms with E-state index in [0.717, 1.165) is 0 Å². The summed E-state index contributed by atoms with van der Waals surface area (Å²) in [5.41, 5.74) is 0.332. The van der Waals surface area contributed by atoms with Gasteiger partial charge in [0, 0.05) is 11.8 Å². The number of carbonyl (C=O) groups is 1. The van der Waals surface area contributed by atoms with Gasteiger partial charge in [0.25, 0.3) is 5.91 Å². The maximum atomic E-state index is 11.3. The predicted octanol–water partition coefficient (Wildman–Crippen LogP) is -2.96. The van der Waals surface area contributed by atoms with Crippen molar-refractivity contribution in [1.29, 1.82) is 0 Å². The van der Waals surface area contributed by atoms with Gasteiger partial charge in [-0.25, -0.2) is 0 Å². The van der Waals surface area contributed by atoms with Gasteiger partial charge in [0.05, 0.1) is 6.61 Å². The molecule has 0 spiro atoms. The van der Waals surface area contributed by atoms with Crippen molar-refractivity contribution in [3.8, 4) is 0 Å². The van der Waals surface area contributed by atoms with Gasteiger partial charge in [0.2, 0.25) is 6.35 Å². The lowest BCUT2D eigenvalue weighted by Crippen LogP contribution is -2.56. The molecular formula is C10H16N2O6. The topological polar surface area (TPSA) is 122 Å². The average molecular weight is 260 g/mol. The molecule has 102 valence electrons. The molecule has 1 saturated heterocycles. The first kappa shape index (κ1) is 13.2. The van der Waals surface area contributed by atoms with Crippen molar-refractivity contribution in [2.45, 2.75) is 37.8 Å². The van der Waals surface area contributed by atoms with Crippen LogP contribution in [0, 0.1) is 0 Å². The summed E-state index contributed by atoms with van der Waals surface area (Å²) in [4.78, 5) is 12.5. The molecule has 2 aliphatic rings. The van der Waals surface area contributed by atoms with Crippen LogP contribution in [-0.4, -0.2) is 68.7 Å². The Morgan fingerprint density at radius 2 is 2.06 bits per heavy atom. The minimum absolute atomic E-state index is 0.332. The summed E-state index contributed by atoms with van der Waals surface area (Å²) >= 11 is 0. The molecule has 8 nitrogen and oxygen atoms in total. The van der Waals surface area contributed by atoms with Crippen LogP contribution in [0.25, 0.3) is 0 Å². The molecule has 5 N–H and O–H groups in total. The number of hydrogen-bond acceptors (Lipinski definition) is 7. The van der Waals surface area contributed by atoms with E-state index in [4.69, 9.17) is 9.84 Å². The summed E-state index contributed by atoms with van der Waals surface area (Å²) in [6, 6.07) is 0. The Morgan fingerprint density at radius 1 is 1.39 bits per heavy atom. The third kappa shape index (κ3) is 2.08. The van der Waals surface area contributed by atoms with E-state index in [1.165, 1.54) is 18.0 Å². The van der Waals surface area contributed by atoms with Crippen LogP contribution in [0.3, 0.4) is 0 Å². The first-order valence-corrected chi connectivity index (χ1v) is 5.53. The number of nitrogens with one attached hydrogen (secondary N) is 1. The van der Waals surface area contributed by atoms with Crippen LogP contribution >= 0.6 is 0 Å². The van der Waals surface area contributed by atoms with Crippen molar-refractivity contribution in [2.75, 3.05) is 6.61 Å². The van der Waals surface area contributed by atoms with Gasteiger partial charge in [-0.1, -0.05) is 0 Å². The fourth-order valence-electron chi connectivity index (χ4n) is 2.00. The van der Waals surface area contributed by atoms with Gasteiger partial charge in [-0.05, 0) is 6.92 Å². The Hall–Kier alpha value is -1.19. The van der Waals surface area contributed by atoms with E-state index >= 15 is 0 Å². The van der Waals surface area contributed by atoms with Crippen LogP contribution in [0.4, 0.5) is 0 Å². The SMILES string of the molecule is CC1=CN([C@@H]2O[C@@H](CO)[C@H](O)[C@H]2O)C(O)NC1=O. The molecule has 2 heterocycles. The molecule has 0 radical (unpaired) electrons. The summed E-state index contributed by atoms with van der Waals surface area (Å²) in [6.07, 6.45) is -4.53. The van der Waals surface area contributed by atoms with E-state index in [1.807, 2.05) is 0 Å². The molecule has 1 amide bonds. The highest BCUT2D eigenvalue weighted by Gasteiger charge is 2.46. The van der Waals surface area contributed by atoms with Crippen molar-refractivity contribution in [1.82, 2.24) is 10.2 Å². The smallest absolute Gasteiger partial charge is 0.251 e. The van der Waals surface area contributed by atoms with Gasteiger partial charge in [-0.15, -0.1) is 0 Å². The molecule has 0 aromatic rings. The van der Waals surface area contributed by atoms with Crippen LogP contribution in [0.1, 0.15) is 6.92 Å². The van der Waals surface area contributed by atoms with Crippen LogP contribution in [-0.2, 0) is 9.53 Å². The second-order valence-corrected chi connectivity index (χ2v) is 4.34. The summed E-state index contributed by atoms with van der Waals surface area (Å²) < 4.78 is 5.25. The normalized spacial score (nSPS) is 40.7.